The van der Waals surface area contributed by atoms with Gasteiger partial charge in [0.1, 0.15) is 16.6 Å². The second-order valence-electron chi connectivity index (χ2n) is 17.8. The number of H-pyrrole nitrogens is 2. The smallest absolute Gasteiger partial charge is 0.410 e. The minimum absolute atomic E-state index is 0.0181. The van der Waals surface area contributed by atoms with Crippen molar-refractivity contribution in [2.24, 2.45) is 0 Å². The molecule has 0 saturated carbocycles. The van der Waals surface area contributed by atoms with Crippen LogP contribution >= 0.6 is 11.6 Å². The zero-order valence-corrected chi connectivity index (χ0v) is 33.6. The lowest BCUT2D eigenvalue weighted by Crippen LogP contribution is -2.67. The Labute approximate surface area is 339 Å². The van der Waals surface area contributed by atoms with Gasteiger partial charge < -0.3 is 35.1 Å². The highest BCUT2D eigenvalue weighted by molar-refractivity contribution is 6.29. The number of likely N-dealkylation sites (N-methyl/N-ethyl adjacent to an activating group) is 1. The zero-order valence-electron chi connectivity index (χ0n) is 32.9. The Balaban J connectivity index is 0.000000141. The number of aromatic nitrogens is 4. The Kier molecular flexibility index (Phi) is 8.24. The first-order valence-corrected chi connectivity index (χ1v) is 20.2. The van der Waals surface area contributed by atoms with Crippen molar-refractivity contribution in [2.75, 3.05) is 46.3 Å². The van der Waals surface area contributed by atoms with Crippen LogP contribution in [0.4, 0.5) is 9.18 Å². The number of hydrogen-bond acceptors (Lipinski definition) is 7. The number of nitrogens with zero attached hydrogens (tertiary/aromatic N) is 4. The SMILES string of the molecule is CC(C)(C)OC(=O)N1CC2(CNC(=O)c3c2[nH]c2c3CCc3cnc(Cl)cc3-2)C1.CN1CC2(CNC(=O)c3c2[nH]c2c3CCc3cnc(-c4ccccc4F)cc3-2)C1. The van der Waals surface area contributed by atoms with E-state index in [0.29, 0.717) is 42.6 Å². The van der Waals surface area contributed by atoms with Crippen LogP contribution in [-0.2, 0) is 41.3 Å². The first kappa shape index (κ1) is 36.8. The molecule has 6 aliphatic rings. The van der Waals surface area contributed by atoms with Gasteiger partial charge in [0.2, 0.25) is 0 Å². The van der Waals surface area contributed by atoms with Gasteiger partial charge in [-0.05, 0) is 100 Å². The second kappa shape index (κ2) is 13.0. The first-order chi connectivity index (χ1) is 27.7. The molecule has 4 aromatic heterocycles. The van der Waals surface area contributed by atoms with E-state index in [-0.39, 0.29) is 34.6 Å². The highest BCUT2D eigenvalue weighted by Crippen LogP contribution is 2.47. The van der Waals surface area contributed by atoms with E-state index in [1.807, 2.05) is 51.4 Å². The monoisotopic (exact) mass is 802 g/mol. The summed E-state index contributed by atoms with van der Waals surface area (Å²) in [5, 5.41) is 6.58. The molecule has 2 spiro atoms. The molecule has 298 valence electrons. The molecule has 12 nitrogen and oxygen atoms in total. The van der Waals surface area contributed by atoms with E-state index in [1.165, 1.54) is 6.07 Å². The van der Waals surface area contributed by atoms with Gasteiger partial charge in [0.05, 0.1) is 39.0 Å². The van der Waals surface area contributed by atoms with Crippen LogP contribution in [0.5, 0.6) is 0 Å². The fourth-order valence-electron chi connectivity index (χ4n) is 9.99. The average Bonchev–Trinajstić information content (AvgIpc) is 3.76. The third-order valence-electron chi connectivity index (χ3n) is 12.6. The second-order valence-corrected chi connectivity index (χ2v) is 18.1. The van der Waals surface area contributed by atoms with Crippen LogP contribution in [0.15, 0.2) is 48.8 Å². The van der Waals surface area contributed by atoms with Crippen LogP contribution in [0.3, 0.4) is 0 Å². The molecule has 58 heavy (non-hydrogen) atoms. The molecule has 14 heteroatoms. The van der Waals surface area contributed by atoms with Gasteiger partial charge in [0.15, 0.2) is 0 Å². The highest BCUT2D eigenvalue weighted by atomic mass is 35.5. The number of aryl methyl sites for hydroxylation is 2. The Morgan fingerprint density at radius 1 is 0.793 bits per heavy atom. The summed E-state index contributed by atoms with van der Waals surface area (Å²) in [5.41, 5.74) is 12.2. The number of carbonyl (C=O) groups is 3. The molecule has 3 amide bonds. The predicted octanol–water partition coefficient (Wildman–Crippen LogP) is 5.97. The van der Waals surface area contributed by atoms with E-state index in [4.69, 9.17) is 16.3 Å². The quantitative estimate of drug-likeness (QED) is 0.153. The number of nitrogens with one attached hydrogen (secondary N) is 4. The van der Waals surface area contributed by atoms with E-state index in [2.05, 4.69) is 42.5 Å². The van der Waals surface area contributed by atoms with Gasteiger partial charge in [-0.2, -0.15) is 0 Å². The van der Waals surface area contributed by atoms with Crippen molar-refractivity contribution in [1.82, 2.24) is 40.4 Å². The van der Waals surface area contributed by atoms with Crippen molar-refractivity contribution in [3.05, 3.63) is 105 Å². The number of hydrogen-bond donors (Lipinski definition) is 4. The number of benzene rings is 1. The largest absolute Gasteiger partial charge is 0.444 e. The lowest BCUT2D eigenvalue weighted by atomic mass is 9.72. The third kappa shape index (κ3) is 5.76. The zero-order chi connectivity index (χ0) is 40.3. The average molecular weight is 803 g/mol. The van der Waals surface area contributed by atoms with Crippen LogP contribution < -0.4 is 10.6 Å². The van der Waals surface area contributed by atoms with Crippen LogP contribution in [-0.4, -0.2) is 99.6 Å². The fraction of sp³-hybridized carbons (Fsp3) is 0.386. The maximum absolute atomic E-state index is 14.3. The molecule has 2 fully saturated rings. The molecule has 2 saturated heterocycles. The van der Waals surface area contributed by atoms with Crippen molar-refractivity contribution < 1.29 is 23.5 Å². The Morgan fingerprint density at radius 3 is 1.91 bits per heavy atom. The lowest BCUT2D eigenvalue weighted by Gasteiger charge is -2.51. The van der Waals surface area contributed by atoms with Crippen LogP contribution in [0.1, 0.15) is 75.1 Å². The van der Waals surface area contributed by atoms with E-state index in [0.717, 1.165) is 106 Å². The number of fused-ring (bicyclic) bond motifs is 12. The van der Waals surface area contributed by atoms with Crippen LogP contribution in [0.25, 0.3) is 33.8 Å². The predicted molar refractivity (Wildman–Crippen MR) is 217 cm³/mol. The molecule has 0 radical (unpaired) electrons. The van der Waals surface area contributed by atoms with Crippen LogP contribution in [0, 0.1) is 5.82 Å². The summed E-state index contributed by atoms with van der Waals surface area (Å²) in [4.78, 5) is 57.8. The summed E-state index contributed by atoms with van der Waals surface area (Å²) in [6.45, 7) is 9.64. The van der Waals surface area contributed by atoms with Gasteiger partial charge in [-0.15, -0.1) is 0 Å². The van der Waals surface area contributed by atoms with E-state index in [9.17, 15) is 18.8 Å². The van der Waals surface area contributed by atoms with Gasteiger partial charge >= 0.3 is 6.09 Å². The van der Waals surface area contributed by atoms with Crippen molar-refractivity contribution in [2.45, 2.75) is 62.9 Å². The number of amides is 3. The van der Waals surface area contributed by atoms with E-state index < -0.39 is 5.60 Å². The highest BCUT2D eigenvalue weighted by Gasteiger charge is 2.54. The molecule has 0 bridgehead atoms. The Bertz CT molecular complexity index is 2580. The molecule has 2 aliphatic carbocycles. The molecule has 5 aromatic rings. The fourth-order valence-corrected chi connectivity index (χ4v) is 10.2. The maximum atomic E-state index is 14.3. The third-order valence-corrected chi connectivity index (χ3v) is 12.8. The molecular weight excluding hydrogens is 759 g/mol. The number of halogens is 2. The number of rotatable bonds is 1. The van der Waals surface area contributed by atoms with Crippen molar-refractivity contribution in [3.63, 3.8) is 0 Å². The molecule has 11 rings (SSSR count). The number of aromatic amines is 2. The molecular formula is C44H44ClFN8O4. The summed E-state index contributed by atoms with van der Waals surface area (Å²) in [7, 11) is 2.10. The number of ether oxygens (including phenoxy) is 1. The molecule has 1 aromatic carbocycles. The van der Waals surface area contributed by atoms with Crippen LogP contribution in [0.2, 0.25) is 5.15 Å². The molecule has 8 heterocycles. The summed E-state index contributed by atoms with van der Waals surface area (Å²) in [5.74, 6) is -0.315. The summed E-state index contributed by atoms with van der Waals surface area (Å²) >= 11 is 6.14. The molecule has 4 aliphatic heterocycles. The molecule has 4 N–H and O–H groups in total. The normalized spacial score (nSPS) is 19.1. The standard InChI is InChI=1S/C23H21FN4O.C21H23ClN4O3/c1-28-11-23(12-28)10-26-22(29)19-15-7-6-13-9-25-18(14-4-2-3-5-17(14)24)8-16(13)20(15)27-21(19)23;1-20(2,3)29-19(28)26-9-21(10-26)8-24-18(27)15-12-5-4-11-7-23-14(22)6-13(11)16(12)25-17(15)21/h2-5,8-9,27H,6-7,10-12H2,1H3,(H,26,29);6-7,25H,4-5,8-10H2,1-3H3,(H,24,27). The summed E-state index contributed by atoms with van der Waals surface area (Å²) in [6, 6.07) is 10.5. The van der Waals surface area contributed by atoms with Gasteiger partial charge in [-0.25, -0.2) is 14.2 Å². The van der Waals surface area contributed by atoms with Crippen molar-refractivity contribution in [3.8, 4) is 33.8 Å². The number of likely N-dealkylation sites (tertiary alicyclic amines) is 2. The molecule has 0 atom stereocenters. The minimum atomic E-state index is -0.533. The maximum Gasteiger partial charge on any atom is 0.410 e. The van der Waals surface area contributed by atoms with Gasteiger partial charge in [-0.1, -0.05) is 23.7 Å². The van der Waals surface area contributed by atoms with Gasteiger partial charge in [-0.3, -0.25) is 14.6 Å². The van der Waals surface area contributed by atoms with E-state index >= 15 is 0 Å². The summed E-state index contributed by atoms with van der Waals surface area (Å²) < 4.78 is 19.8. The topological polar surface area (TPSA) is 148 Å². The van der Waals surface area contributed by atoms with E-state index in [1.54, 1.807) is 17.0 Å². The molecule has 0 unspecified atom stereocenters. The number of pyridine rings is 2. The minimum Gasteiger partial charge on any atom is -0.444 e. The Hall–Kier alpha value is -5.53. The van der Waals surface area contributed by atoms with Gasteiger partial charge in [0, 0.05) is 79.7 Å². The number of carbonyl (C=O) groups excluding carboxylic acids is 3. The van der Waals surface area contributed by atoms with Gasteiger partial charge in [0.25, 0.3) is 11.8 Å². The van der Waals surface area contributed by atoms with Crippen molar-refractivity contribution in [1.29, 1.82) is 0 Å². The first-order valence-electron chi connectivity index (χ1n) is 19.8. The Morgan fingerprint density at radius 2 is 1.34 bits per heavy atom. The lowest BCUT2D eigenvalue weighted by molar-refractivity contribution is -0.0113. The van der Waals surface area contributed by atoms with Crippen molar-refractivity contribution >= 4 is 29.5 Å². The summed E-state index contributed by atoms with van der Waals surface area (Å²) in [6.07, 6.45) is 6.58.